The van der Waals surface area contributed by atoms with Gasteiger partial charge in [-0.05, 0) is 19.3 Å². The van der Waals surface area contributed by atoms with Crippen LogP contribution in [0, 0.1) is 0 Å². The van der Waals surface area contributed by atoms with Crippen LogP contribution in [0.2, 0.25) is 0 Å². The Labute approximate surface area is 135 Å². The highest BCUT2D eigenvalue weighted by Gasteiger charge is 2.25. The van der Waals surface area contributed by atoms with Gasteiger partial charge in [-0.3, -0.25) is 0 Å². The second-order valence-electron chi connectivity index (χ2n) is 5.63. The number of rotatable bonds is 4. The molecule has 1 aliphatic rings. The molecule has 2 amide bonds. The molecule has 1 fully saturated rings. The molecule has 1 aliphatic carbocycles. The maximum absolute atomic E-state index is 12.0. The van der Waals surface area contributed by atoms with Crippen molar-refractivity contribution in [3.63, 3.8) is 0 Å². The molecule has 2 N–H and O–H groups in total. The zero-order valence-electron chi connectivity index (χ0n) is 13.0. The summed E-state index contributed by atoms with van der Waals surface area (Å²) < 4.78 is 5.30. The molecule has 1 aromatic carbocycles. The molecule has 1 saturated carbocycles. The summed E-state index contributed by atoms with van der Waals surface area (Å²) in [5.74, 6) is 0.635. The Morgan fingerprint density at radius 2 is 1.91 bits per heavy atom. The zero-order valence-corrected chi connectivity index (χ0v) is 13.0. The SMILES string of the molecule is CO[C@@H]1CC[C@@H](NC(=O)Nc2cnc(-c3ccccc3)nc2)C1. The zero-order chi connectivity index (χ0) is 16.1. The first-order valence-electron chi connectivity index (χ1n) is 7.72. The van der Waals surface area contributed by atoms with Crippen molar-refractivity contribution in [1.82, 2.24) is 15.3 Å². The molecular weight excluding hydrogens is 292 g/mol. The second kappa shape index (κ2) is 7.19. The predicted molar refractivity (Wildman–Crippen MR) is 88.1 cm³/mol. The van der Waals surface area contributed by atoms with Crippen LogP contribution in [0.25, 0.3) is 11.4 Å². The quantitative estimate of drug-likeness (QED) is 0.910. The third-order valence-electron chi connectivity index (χ3n) is 3.99. The third kappa shape index (κ3) is 4.04. The van der Waals surface area contributed by atoms with Crippen LogP contribution < -0.4 is 10.6 Å². The van der Waals surface area contributed by atoms with Crippen molar-refractivity contribution in [3.8, 4) is 11.4 Å². The molecule has 6 nitrogen and oxygen atoms in total. The highest BCUT2D eigenvalue weighted by atomic mass is 16.5. The van der Waals surface area contributed by atoms with Crippen LogP contribution in [-0.4, -0.2) is 35.3 Å². The van der Waals surface area contributed by atoms with Gasteiger partial charge in [0.05, 0.1) is 24.2 Å². The summed E-state index contributed by atoms with van der Waals surface area (Å²) in [6, 6.07) is 9.64. The van der Waals surface area contributed by atoms with Gasteiger partial charge >= 0.3 is 6.03 Å². The van der Waals surface area contributed by atoms with Crippen molar-refractivity contribution in [2.24, 2.45) is 0 Å². The Kier molecular flexibility index (Phi) is 4.83. The maximum Gasteiger partial charge on any atom is 0.319 e. The van der Waals surface area contributed by atoms with E-state index < -0.39 is 0 Å². The Hall–Kier alpha value is -2.47. The molecular formula is C17H20N4O2. The number of carbonyl (C=O) groups excluding carboxylic acids is 1. The lowest BCUT2D eigenvalue weighted by Crippen LogP contribution is -2.36. The van der Waals surface area contributed by atoms with E-state index >= 15 is 0 Å². The minimum Gasteiger partial charge on any atom is -0.381 e. The summed E-state index contributed by atoms with van der Waals surface area (Å²) in [4.78, 5) is 20.6. The van der Waals surface area contributed by atoms with E-state index in [1.165, 1.54) is 0 Å². The van der Waals surface area contributed by atoms with Gasteiger partial charge < -0.3 is 15.4 Å². The number of nitrogens with zero attached hydrogens (tertiary/aromatic N) is 2. The average molecular weight is 312 g/mol. The molecule has 6 heteroatoms. The number of nitrogens with one attached hydrogen (secondary N) is 2. The molecule has 3 rings (SSSR count). The highest BCUT2D eigenvalue weighted by molar-refractivity contribution is 5.89. The summed E-state index contributed by atoms with van der Waals surface area (Å²) in [6.45, 7) is 0. The molecule has 2 aromatic rings. The Morgan fingerprint density at radius 3 is 2.57 bits per heavy atom. The number of anilines is 1. The van der Waals surface area contributed by atoms with Crippen LogP contribution in [-0.2, 0) is 4.74 Å². The predicted octanol–water partition coefficient (Wildman–Crippen LogP) is 2.83. The van der Waals surface area contributed by atoms with Gasteiger partial charge in [-0.2, -0.15) is 0 Å². The fraction of sp³-hybridized carbons (Fsp3) is 0.353. The largest absolute Gasteiger partial charge is 0.381 e. The van der Waals surface area contributed by atoms with Crippen LogP contribution >= 0.6 is 0 Å². The molecule has 0 bridgehead atoms. The smallest absolute Gasteiger partial charge is 0.319 e. The lowest BCUT2D eigenvalue weighted by atomic mass is 10.2. The minimum atomic E-state index is -0.234. The van der Waals surface area contributed by atoms with E-state index in [9.17, 15) is 4.79 Å². The van der Waals surface area contributed by atoms with Crippen molar-refractivity contribution in [2.45, 2.75) is 31.4 Å². The van der Waals surface area contributed by atoms with E-state index in [1.807, 2.05) is 30.3 Å². The number of amides is 2. The number of aromatic nitrogens is 2. The van der Waals surface area contributed by atoms with Gasteiger partial charge in [-0.1, -0.05) is 30.3 Å². The van der Waals surface area contributed by atoms with Crippen LogP contribution in [0.15, 0.2) is 42.7 Å². The van der Waals surface area contributed by atoms with Crippen molar-refractivity contribution in [2.75, 3.05) is 12.4 Å². The first-order chi connectivity index (χ1) is 11.2. The van der Waals surface area contributed by atoms with Crippen LogP contribution in [0.3, 0.4) is 0 Å². The van der Waals surface area contributed by atoms with Gasteiger partial charge in [0.15, 0.2) is 5.82 Å². The van der Waals surface area contributed by atoms with Gasteiger partial charge in [0.1, 0.15) is 0 Å². The number of ether oxygens (including phenoxy) is 1. The fourth-order valence-corrected chi connectivity index (χ4v) is 2.77. The van der Waals surface area contributed by atoms with E-state index in [0.29, 0.717) is 11.5 Å². The molecule has 1 aromatic heterocycles. The second-order valence-corrected chi connectivity index (χ2v) is 5.63. The Morgan fingerprint density at radius 1 is 1.17 bits per heavy atom. The molecule has 120 valence electrons. The number of carbonyl (C=O) groups is 1. The maximum atomic E-state index is 12.0. The highest BCUT2D eigenvalue weighted by Crippen LogP contribution is 2.21. The normalized spacial score (nSPS) is 20.2. The lowest BCUT2D eigenvalue weighted by molar-refractivity contribution is 0.107. The van der Waals surface area contributed by atoms with E-state index in [4.69, 9.17) is 4.74 Å². The van der Waals surface area contributed by atoms with Gasteiger partial charge in [0.2, 0.25) is 0 Å². The third-order valence-corrected chi connectivity index (χ3v) is 3.99. The standard InChI is InChI=1S/C17H20N4O2/c1-23-15-8-7-13(9-15)20-17(22)21-14-10-18-16(19-11-14)12-5-3-2-4-6-12/h2-6,10-11,13,15H,7-9H2,1H3,(H2,20,21,22)/t13-,15-/m1/s1. The molecule has 0 saturated heterocycles. The molecule has 1 heterocycles. The molecule has 0 aliphatic heterocycles. The fourth-order valence-electron chi connectivity index (χ4n) is 2.77. The van der Waals surface area contributed by atoms with E-state index in [-0.39, 0.29) is 18.2 Å². The minimum absolute atomic E-state index is 0.157. The summed E-state index contributed by atoms with van der Waals surface area (Å²) in [5, 5.41) is 5.72. The number of methoxy groups -OCH3 is 1. The van der Waals surface area contributed by atoms with Gasteiger partial charge in [0, 0.05) is 18.7 Å². The van der Waals surface area contributed by atoms with E-state index in [0.717, 1.165) is 24.8 Å². The average Bonchev–Trinajstić information content (AvgIpc) is 3.04. The molecule has 23 heavy (non-hydrogen) atoms. The molecule has 0 unspecified atom stereocenters. The summed E-state index contributed by atoms with van der Waals surface area (Å²) in [5.41, 5.74) is 1.52. The van der Waals surface area contributed by atoms with Gasteiger partial charge in [0.25, 0.3) is 0 Å². The van der Waals surface area contributed by atoms with E-state index in [1.54, 1.807) is 19.5 Å². The molecule has 2 atom stereocenters. The Bertz CT molecular complexity index is 645. The summed E-state index contributed by atoms with van der Waals surface area (Å²) in [7, 11) is 1.71. The van der Waals surface area contributed by atoms with E-state index in [2.05, 4.69) is 20.6 Å². The number of hydrogen-bond donors (Lipinski definition) is 2. The first kappa shape index (κ1) is 15.4. The molecule has 0 spiro atoms. The lowest BCUT2D eigenvalue weighted by Gasteiger charge is -2.13. The first-order valence-corrected chi connectivity index (χ1v) is 7.72. The van der Waals surface area contributed by atoms with Crippen molar-refractivity contribution < 1.29 is 9.53 Å². The number of urea groups is 1. The monoisotopic (exact) mass is 312 g/mol. The van der Waals surface area contributed by atoms with Gasteiger partial charge in [-0.25, -0.2) is 14.8 Å². The summed E-state index contributed by atoms with van der Waals surface area (Å²) in [6.07, 6.45) is 6.25. The van der Waals surface area contributed by atoms with Crippen LogP contribution in [0.5, 0.6) is 0 Å². The summed E-state index contributed by atoms with van der Waals surface area (Å²) >= 11 is 0. The Balaban J connectivity index is 1.55. The number of hydrogen-bond acceptors (Lipinski definition) is 4. The molecule has 0 radical (unpaired) electrons. The van der Waals surface area contributed by atoms with Gasteiger partial charge in [-0.15, -0.1) is 0 Å². The van der Waals surface area contributed by atoms with Crippen molar-refractivity contribution in [1.29, 1.82) is 0 Å². The van der Waals surface area contributed by atoms with Crippen molar-refractivity contribution in [3.05, 3.63) is 42.7 Å². The van der Waals surface area contributed by atoms with Crippen molar-refractivity contribution >= 4 is 11.7 Å². The van der Waals surface area contributed by atoms with Crippen LogP contribution in [0.1, 0.15) is 19.3 Å². The topological polar surface area (TPSA) is 76.1 Å². The number of benzene rings is 1. The van der Waals surface area contributed by atoms with Crippen LogP contribution in [0.4, 0.5) is 10.5 Å².